The minimum atomic E-state index is -0.697. The number of nitrogens with zero attached hydrogens (tertiary/aromatic N) is 1. The van der Waals surface area contributed by atoms with Crippen molar-refractivity contribution in [3.63, 3.8) is 0 Å². The lowest BCUT2D eigenvalue weighted by atomic mass is 10.0. The van der Waals surface area contributed by atoms with Crippen molar-refractivity contribution in [3.8, 4) is 0 Å². The molecule has 6 nitrogen and oxygen atoms in total. The van der Waals surface area contributed by atoms with E-state index in [4.69, 9.17) is 0 Å². The Morgan fingerprint density at radius 3 is 2.48 bits per heavy atom. The lowest BCUT2D eigenvalue weighted by Gasteiger charge is -2.06. The fourth-order valence-corrected chi connectivity index (χ4v) is 1.74. The molecule has 1 N–H and O–H groups in total. The molecule has 21 heavy (non-hydrogen) atoms. The molecule has 0 heterocycles. The first kappa shape index (κ1) is 14.4. The molecule has 1 aliphatic rings. The second-order valence-corrected chi connectivity index (χ2v) is 4.46. The van der Waals surface area contributed by atoms with Crippen LogP contribution in [0.3, 0.4) is 0 Å². The van der Waals surface area contributed by atoms with Gasteiger partial charge in [-0.05, 0) is 31.2 Å². The third-order valence-corrected chi connectivity index (χ3v) is 2.85. The number of carbonyl (C=O) groups is 2. The van der Waals surface area contributed by atoms with Crippen molar-refractivity contribution in [2.45, 2.75) is 6.92 Å². The van der Waals surface area contributed by atoms with E-state index in [1.807, 2.05) is 19.1 Å². The predicted octanol–water partition coefficient (Wildman–Crippen LogP) is 2.16. The van der Waals surface area contributed by atoms with Gasteiger partial charge in [0.05, 0.1) is 11.1 Å². The number of allylic oxidation sites excluding steroid dienone is 4. The molecule has 0 fully saturated rings. The summed E-state index contributed by atoms with van der Waals surface area (Å²) in [4.78, 5) is 33.3. The molecule has 0 aliphatic heterocycles. The Kier molecular flexibility index (Phi) is 4.08. The molecule has 1 aliphatic carbocycles. The van der Waals surface area contributed by atoms with Crippen molar-refractivity contribution < 1.29 is 14.5 Å². The van der Waals surface area contributed by atoms with Crippen LogP contribution in [0.4, 0.5) is 5.69 Å². The summed E-state index contributed by atoms with van der Waals surface area (Å²) in [6, 6.07) is 7.20. The van der Waals surface area contributed by atoms with Gasteiger partial charge in [0.15, 0.2) is 11.6 Å². The zero-order valence-corrected chi connectivity index (χ0v) is 11.2. The van der Waals surface area contributed by atoms with Crippen molar-refractivity contribution in [3.05, 3.63) is 75.6 Å². The first-order valence-corrected chi connectivity index (χ1v) is 6.13. The highest BCUT2D eigenvalue weighted by Crippen LogP contribution is 2.17. The summed E-state index contributed by atoms with van der Waals surface area (Å²) in [5.74, 6) is -1.02. The van der Waals surface area contributed by atoms with Crippen LogP contribution < -0.4 is 5.32 Å². The van der Waals surface area contributed by atoms with E-state index in [2.05, 4.69) is 5.32 Å². The van der Waals surface area contributed by atoms with Crippen LogP contribution >= 0.6 is 0 Å². The second-order valence-electron chi connectivity index (χ2n) is 4.46. The Morgan fingerprint density at radius 1 is 1.19 bits per heavy atom. The molecular formula is C15H12N2O4. The van der Waals surface area contributed by atoms with Gasteiger partial charge in [-0.15, -0.1) is 0 Å². The van der Waals surface area contributed by atoms with Gasteiger partial charge in [0.1, 0.15) is 5.57 Å². The number of hydrogen-bond acceptors (Lipinski definition) is 5. The molecule has 0 bridgehead atoms. The zero-order valence-electron chi connectivity index (χ0n) is 11.2. The van der Waals surface area contributed by atoms with E-state index in [1.54, 1.807) is 12.1 Å². The Labute approximate surface area is 120 Å². The van der Waals surface area contributed by atoms with Gasteiger partial charge in [0.25, 0.3) is 5.70 Å². The van der Waals surface area contributed by atoms with Crippen LogP contribution in [0.25, 0.3) is 0 Å². The number of hydrogen-bond donors (Lipinski definition) is 1. The van der Waals surface area contributed by atoms with Crippen LogP contribution in [-0.4, -0.2) is 16.5 Å². The maximum atomic E-state index is 11.7. The van der Waals surface area contributed by atoms with Crippen LogP contribution in [-0.2, 0) is 9.59 Å². The van der Waals surface area contributed by atoms with Gasteiger partial charge in [0, 0.05) is 11.8 Å². The number of anilines is 1. The standard InChI is InChI=1S/C15H12N2O4/c1-10-2-4-11(5-3-10)16-9-14(17(20)21)13-8-12(18)6-7-15(13)19/h2-9,16H,1H3/b14-9+. The van der Waals surface area contributed by atoms with Gasteiger partial charge < -0.3 is 5.32 Å². The highest BCUT2D eigenvalue weighted by Gasteiger charge is 2.25. The molecule has 0 aromatic heterocycles. The molecule has 0 radical (unpaired) electrons. The summed E-state index contributed by atoms with van der Waals surface area (Å²) in [7, 11) is 0. The molecule has 0 spiro atoms. The number of nitrogens with one attached hydrogen (secondary N) is 1. The summed E-state index contributed by atoms with van der Waals surface area (Å²) in [5.41, 5.74) is 1.02. The molecule has 1 aromatic carbocycles. The fraction of sp³-hybridized carbons (Fsp3) is 0.0667. The fourth-order valence-electron chi connectivity index (χ4n) is 1.74. The maximum Gasteiger partial charge on any atom is 0.296 e. The molecule has 0 saturated heterocycles. The van der Waals surface area contributed by atoms with Gasteiger partial charge >= 0.3 is 0 Å². The van der Waals surface area contributed by atoms with Crippen molar-refractivity contribution >= 4 is 17.3 Å². The van der Waals surface area contributed by atoms with E-state index in [0.29, 0.717) is 5.69 Å². The average Bonchev–Trinajstić information content (AvgIpc) is 2.44. The Hall–Kier alpha value is -3.02. The molecule has 0 unspecified atom stereocenters. The largest absolute Gasteiger partial charge is 0.356 e. The van der Waals surface area contributed by atoms with Crippen LogP contribution in [0.5, 0.6) is 0 Å². The van der Waals surface area contributed by atoms with Crippen LogP contribution in [0, 0.1) is 17.0 Å². The number of benzene rings is 1. The lowest BCUT2D eigenvalue weighted by molar-refractivity contribution is -0.420. The van der Waals surface area contributed by atoms with Crippen molar-refractivity contribution in [2.75, 3.05) is 5.32 Å². The topological polar surface area (TPSA) is 89.3 Å². The van der Waals surface area contributed by atoms with Crippen molar-refractivity contribution in [2.24, 2.45) is 0 Å². The SMILES string of the molecule is Cc1ccc(N/C=C(\C2=CC(=O)C=CC2=O)[N+](=O)[O-])cc1. The molecule has 106 valence electrons. The Balaban J connectivity index is 2.29. The average molecular weight is 284 g/mol. The number of ketones is 2. The highest BCUT2D eigenvalue weighted by atomic mass is 16.6. The minimum Gasteiger partial charge on any atom is -0.356 e. The number of rotatable bonds is 4. The van der Waals surface area contributed by atoms with E-state index in [-0.39, 0.29) is 5.57 Å². The van der Waals surface area contributed by atoms with Crippen molar-refractivity contribution in [1.29, 1.82) is 0 Å². The lowest BCUT2D eigenvalue weighted by Crippen LogP contribution is -2.15. The van der Waals surface area contributed by atoms with Crippen LogP contribution in [0.2, 0.25) is 0 Å². The second kappa shape index (κ2) is 5.96. The Bertz CT molecular complexity index is 697. The first-order valence-electron chi connectivity index (χ1n) is 6.13. The minimum absolute atomic E-state index is 0.230. The third-order valence-electron chi connectivity index (χ3n) is 2.85. The van der Waals surface area contributed by atoms with Gasteiger partial charge in [0.2, 0.25) is 0 Å². The summed E-state index contributed by atoms with van der Waals surface area (Å²) >= 11 is 0. The van der Waals surface area contributed by atoms with Crippen molar-refractivity contribution in [1.82, 2.24) is 0 Å². The molecule has 0 saturated carbocycles. The first-order chi connectivity index (χ1) is 9.97. The molecule has 0 amide bonds. The van der Waals surface area contributed by atoms with Gasteiger partial charge in [-0.1, -0.05) is 17.7 Å². The third kappa shape index (κ3) is 3.50. The highest BCUT2D eigenvalue weighted by molar-refractivity contribution is 6.19. The predicted molar refractivity (Wildman–Crippen MR) is 77.1 cm³/mol. The molecule has 0 atom stereocenters. The van der Waals surface area contributed by atoms with Gasteiger partial charge in [-0.2, -0.15) is 0 Å². The maximum absolute atomic E-state index is 11.7. The molecular weight excluding hydrogens is 272 g/mol. The van der Waals surface area contributed by atoms with Crippen LogP contribution in [0.15, 0.2) is 60.0 Å². The van der Waals surface area contributed by atoms with Gasteiger partial charge in [-0.25, -0.2) is 0 Å². The summed E-state index contributed by atoms with van der Waals surface area (Å²) < 4.78 is 0. The molecule has 1 aromatic rings. The number of carbonyl (C=O) groups excluding carboxylic acids is 2. The summed E-state index contributed by atoms with van der Waals surface area (Å²) in [6.45, 7) is 1.92. The summed E-state index contributed by atoms with van der Waals surface area (Å²) in [6.07, 6.45) is 4.19. The number of aryl methyl sites for hydroxylation is 1. The molecule has 2 rings (SSSR count). The zero-order chi connectivity index (χ0) is 15.4. The summed E-state index contributed by atoms with van der Waals surface area (Å²) in [5, 5.41) is 13.8. The van der Waals surface area contributed by atoms with E-state index in [1.165, 1.54) is 0 Å². The monoisotopic (exact) mass is 284 g/mol. The molecule has 6 heteroatoms. The van der Waals surface area contributed by atoms with Crippen LogP contribution in [0.1, 0.15) is 5.56 Å². The van der Waals surface area contributed by atoms with E-state index in [9.17, 15) is 19.7 Å². The normalized spacial score (nSPS) is 14.9. The van der Waals surface area contributed by atoms with Gasteiger partial charge in [-0.3, -0.25) is 19.7 Å². The Morgan fingerprint density at radius 2 is 1.86 bits per heavy atom. The quantitative estimate of drug-likeness (QED) is 0.520. The van der Waals surface area contributed by atoms with E-state index < -0.39 is 22.2 Å². The van der Waals surface area contributed by atoms with E-state index in [0.717, 1.165) is 30.0 Å². The number of nitro groups is 1. The van der Waals surface area contributed by atoms with E-state index >= 15 is 0 Å². The smallest absolute Gasteiger partial charge is 0.296 e.